The van der Waals surface area contributed by atoms with E-state index in [1.165, 1.54) is 18.2 Å². The molecule has 0 saturated heterocycles. The van der Waals surface area contributed by atoms with Gasteiger partial charge in [-0.3, -0.25) is 0 Å². The predicted molar refractivity (Wildman–Crippen MR) is 76.7 cm³/mol. The van der Waals surface area contributed by atoms with Crippen molar-refractivity contribution in [3.63, 3.8) is 0 Å². The first kappa shape index (κ1) is 14.9. The number of rotatable bonds is 2. The highest BCUT2D eigenvalue weighted by Crippen LogP contribution is 2.50. The summed E-state index contributed by atoms with van der Waals surface area (Å²) >= 11 is 5.96. The van der Waals surface area contributed by atoms with E-state index in [9.17, 15) is 13.2 Å². The van der Waals surface area contributed by atoms with Crippen LogP contribution < -0.4 is 0 Å². The summed E-state index contributed by atoms with van der Waals surface area (Å²) in [4.78, 5) is 4.91. The van der Waals surface area contributed by atoms with Gasteiger partial charge >= 0.3 is 6.18 Å². The molecule has 2 aromatic carbocycles. The standard InChI is InChI=1S/C16H10ClF3NO/c17-13-9-5-4-8-12(13)15(16(18,19)20)10-14(21-22-15)11-6-2-1-3-7-11/h2-9H,10H2. The zero-order valence-corrected chi connectivity index (χ0v) is 11.9. The first-order valence-electron chi connectivity index (χ1n) is 6.47. The number of hydrogen-bond donors (Lipinski definition) is 0. The molecule has 0 bridgehead atoms. The summed E-state index contributed by atoms with van der Waals surface area (Å²) < 4.78 is 41.1. The Bertz CT molecular complexity index is 715. The van der Waals surface area contributed by atoms with Crippen LogP contribution in [0.1, 0.15) is 17.5 Å². The zero-order valence-electron chi connectivity index (χ0n) is 11.2. The van der Waals surface area contributed by atoms with Gasteiger partial charge in [-0.1, -0.05) is 59.2 Å². The first-order chi connectivity index (χ1) is 10.4. The van der Waals surface area contributed by atoms with Gasteiger partial charge in [0.15, 0.2) is 0 Å². The van der Waals surface area contributed by atoms with E-state index in [1.54, 1.807) is 30.3 Å². The lowest BCUT2D eigenvalue weighted by molar-refractivity contribution is -0.275. The molecule has 0 amide bonds. The summed E-state index contributed by atoms with van der Waals surface area (Å²) in [5.74, 6) is 0. The van der Waals surface area contributed by atoms with Gasteiger partial charge in [-0.2, -0.15) is 13.2 Å². The fourth-order valence-electron chi connectivity index (χ4n) is 2.41. The smallest absolute Gasteiger partial charge is 0.374 e. The van der Waals surface area contributed by atoms with Gasteiger partial charge in [-0.15, -0.1) is 0 Å². The summed E-state index contributed by atoms with van der Waals surface area (Å²) in [6, 6.07) is 15.1. The average Bonchev–Trinajstić information content (AvgIpc) is 2.95. The topological polar surface area (TPSA) is 21.6 Å². The number of hydrogen-bond acceptors (Lipinski definition) is 2. The minimum absolute atomic E-state index is 0.00216. The molecule has 1 heterocycles. The minimum atomic E-state index is -4.65. The van der Waals surface area contributed by atoms with Crippen LogP contribution in [0.3, 0.4) is 0 Å². The van der Waals surface area contributed by atoms with Crippen molar-refractivity contribution in [3.05, 3.63) is 70.7 Å². The van der Waals surface area contributed by atoms with Crippen molar-refractivity contribution in [2.75, 3.05) is 0 Å². The number of nitrogens with zero attached hydrogens (tertiary/aromatic N) is 1. The molecule has 0 spiro atoms. The molecule has 0 aromatic heterocycles. The van der Waals surface area contributed by atoms with Crippen molar-refractivity contribution in [1.29, 1.82) is 0 Å². The monoisotopic (exact) mass is 324 g/mol. The van der Waals surface area contributed by atoms with E-state index in [0.29, 0.717) is 5.56 Å². The molecule has 1 aliphatic heterocycles. The fourth-order valence-corrected chi connectivity index (χ4v) is 2.69. The highest BCUT2D eigenvalue weighted by molar-refractivity contribution is 6.31. The summed E-state index contributed by atoms with van der Waals surface area (Å²) in [6.07, 6.45) is -5.08. The number of oxime groups is 1. The van der Waals surface area contributed by atoms with E-state index in [-0.39, 0.29) is 16.3 Å². The quantitative estimate of drug-likeness (QED) is 0.783. The van der Waals surface area contributed by atoms with E-state index < -0.39 is 18.2 Å². The van der Waals surface area contributed by atoms with Crippen molar-refractivity contribution < 1.29 is 18.0 Å². The summed E-state index contributed by atoms with van der Waals surface area (Å²) in [6.45, 7) is 0. The van der Waals surface area contributed by atoms with Crippen molar-refractivity contribution in [3.8, 4) is 0 Å². The molecule has 2 aromatic rings. The molecule has 2 nitrogen and oxygen atoms in total. The van der Waals surface area contributed by atoms with Gasteiger partial charge < -0.3 is 4.84 Å². The van der Waals surface area contributed by atoms with Crippen LogP contribution in [0.4, 0.5) is 13.2 Å². The van der Waals surface area contributed by atoms with Gasteiger partial charge in [0.2, 0.25) is 0 Å². The van der Waals surface area contributed by atoms with E-state index in [1.807, 2.05) is 0 Å². The largest absolute Gasteiger partial charge is 0.435 e. The molecule has 0 saturated carbocycles. The van der Waals surface area contributed by atoms with Crippen LogP contribution in [0.25, 0.3) is 0 Å². The number of alkyl halides is 3. The molecular weight excluding hydrogens is 315 g/mol. The lowest BCUT2D eigenvalue weighted by Crippen LogP contribution is -2.42. The van der Waals surface area contributed by atoms with E-state index in [2.05, 4.69) is 11.2 Å². The molecule has 22 heavy (non-hydrogen) atoms. The Morgan fingerprint density at radius 3 is 2.45 bits per heavy atom. The van der Waals surface area contributed by atoms with Gasteiger partial charge in [0.1, 0.15) is 0 Å². The Labute approximate surface area is 130 Å². The molecule has 113 valence electrons. The molecular formula is C16H10ClF3NO. The first-order valence-corrected chi connectivity index (χ1v) is 6.85. The summed E-state index contributed by atoms with van der Waals surface area (Å²) in [5.41, 5.74) is -1.89. The van der Waals surface area contributed by atoms with E-state index in [4.69, 9.17) is 16.4 Å². The molecule has 1 radical (unpaired) electrons. The number of halogens is 4. The average molecular weight is 325 g/mol. The van der Waals surface area contributed by atoms with Gasteiger partial charge in [0.25, 0.3) is 5.60 Å². The predicted octanol–water partition coefficient (Wildman–Crippen LogP) is 4.72. The molecule has 0 N–H and O–H groups in total. The SMILES string of the molecule is FC(F)(F)C1(c2ccccc2Cl)CC(c2cc[c]cc2)=NO1. The Hall–Kier alpha value is -2.01. The third kappa shape index (κ3) is 2.35. The maximum absolute atomic E-state index is 13.7. The van der Waals surface area contributed by atoms with Crippen LogP contribution in [-0.4, -0.2) is 11.9 Å². The molecule has 6 heteroatoms. The van der Waals surface area contributed by atoms with Crippen molar-refractivity contribution in [1.82, 2.24) is 0 Å². The second kappa shape index (κ2) is 5.32. The van der Waals surface area contributed by atoms with Crippen molar-refractivity contribution in [2.24, 2.45) is 5.16 Å². The molecule has 3 rings (SSSR count). The van der Waals surface area contributed by atoms with Gasteiger partial charge in [-0.25, -0.2) is 0 Å². The minimum Gasteiger partial charge on any atom is -0.374 e. The highest BCUT2D eigenvalue weighted by Gasteiger charge is 2.63. The second-order valence-electron chi connectivity index (χ2n) is 4.90. The van der Waals surface area contributed by atoms with Crippen LogP contribution >= 0.6 is 11.6 Å². The number of benzene rings is 2. The maximum Gasteiger partial charge on any atom is 0.435 e. The second-order valence-corrected chi connectivity index (χ2v) is 5.31. The van der Waals surface area contributed by atoms with Crippen LogP contribution in [0, 0.1) is 6.07 Å². The van der Waals surface area contributed by atoms with Gasteiger partial charge in [-0.05, 0) is 17.7 Å². The van der Waals surface area contributed by atoms with Crippen LogP contribution in [-0.2, 0) is 10.4 Å². The molecule has 1 aliphatic rings. The van der Waals surface area contributed by atoms with Crippen molar-refractivity contribution in [2.45, 2.75) is 18.2 Å². The Kier molecular flexibility index (Phi) is 3.60. The Morgan fingerprint density at radius 2 is 1.82 bits per heavy atom. The molecule has 1 atom stereocenters. The Balaban J connectivity index is 2.04. The third-order valence-corrected chi connectivity index (χ3v) is 3.88. The van der Waals surface area contributed by atoms with E-state index in [0.717, 1.165) is 0 Å². The van der Waals surface area contributed by atoms with Crippen molar-refractivity contribution >= 4 is 17.3 Å². The van der Waals surface area contributed by atoms with Gasteiger partial charge in [0.05, 0.1) is 12.1 Å². The third-order valence-electron chi connectivity index (χ3n) is 3.55. The van der Waals surface area contributed by atoms with Gasteiger partial charge in [0, 0.05) is 10.6 Å². The van der Waals surface area contributed by atoms with Crippen LogP contribution in [0.2, 0.25) is 5.02 Å². The van der Waals surface area contributed by atoms with E-state index >= 15 is 0 Å². The zero-order chi connectivity index (χ0) is 15.8. The van der Waals surface area contributed by atoms with Crippen LogP contribution in [0.5, 0.6) is 0 Å². The highest BCUT2D eigenvalue weighted by atomic mass is 35.5. The normalized spacial score (nSPS) is 21.4. The molecule has 0 aliphatic carbocycles. The summed E-state index contributed by atoms with van der Waals surface area (Å²) in [7, 11) is 0. The summed E-state index contributed by atoms with van der Waals surface area (Å²) in [5, 5.41) is 3.67. The maximum atomic E-state index is 13.7. The molecule has 1 unspecified atom stereocenters. The Morgan fingerprint density at radius 1 is 1.14 bits per heavy atom. The lowest BCUT2D eigenvalue weighted by Gasteiger charge is -2.30. The van der Waals surface area contributed by atoms with Crippen LogP contribution in [0.15, 0.2) is 53.7 Å². The fraction of sp³-hybridized carbons (Fsp3) is 0.188. The molecule has 0 fully saturated rings. The lowest BCUT2D eigenvalue weighted by atomic mass is 9.86.